The lowest BCUT2D eigenvalue weighted by atomic mass is 10.2. The Balaban J connectivity index is 3.36. The van der Waals surface area contributed by atoms with Gasteiger partial charge < -0.3 is 9.84 Å². The lowest BCUT2D eigenvalue weighted by Gasteiger charge is -2.15. The van der Waals surface area contributed by atoms with Crippen LogP contribution >= 0.6 is 0 Å². The molecule has 106 valence electrons. The minimum absolute atomic E-state index is 0.0778. The van der Waals surface area contributed by atoms with Gasteiger partial charge in [0.2, 0.25) is 10.0 Å². The zero-order valence-corrected chi connectivity index (χ0v) is 12.1. The predicted octanol–water partition coefficient (Wildman–Crippen LogP) is 1.42. The van der Waals surface area contributed by atoms with E-state index in [4.69, 9.17) is 9.84 Å². The highest BCUT2D eigenvalue weighted by atomic mass is 32.2. The highest BCUT2D eigenvalue weighted by molar-refractivity contribution is 7.89. The third-order valence-electron chi connectivity index (χ3n) is 2.32. The molecule has 0 atom stereocenters. The van der Waals surface area contributed by atoms with Crippen LogP contribution in [0, 0.1) is 0 Å². The van der Waals surface area contributed by atoms with Gasteiger partial charge in [0.05, 0.1) is 11.0 Å². The van der Waals surface area contributed by atoms with Crippen molar-refractivity contribution >= 4 is 16.0 Å². The van der Waals surface area contributed by atoms with E-state index < -0.39 is 16.0 Å². The van der Waals surface area contributed by atoms with Gasteiger partial charge in [0.1, 0.15) is 11.3 Å². The summed E-state index contributed by atoms with van der Waals surface area (Å²) in [6.07, 6.45) is -0.200. The number of hydrogen-bond donors (Lipinski definition) is 1. The maximum absolute atomic E-state index is 11.9. The van der Waals surface area contributed by atoms with Crippen LogP contribution in [0.25, 0.3) is 0 Å². The maximum atomic E-state index is 11.9. The highest BCUT2D eigenvalue weighted by Gasteiger charge is 2.21. The topological polar surface area (TPSA) is 83.9 Å². The number of aromatic carboxylic acids is 1. The molecule has 0 fully saturated rings. The SMILES string of the molecule is CC(C)Oc1ccc(S(=O)(=O)N(C)C)cc1C(=O)O. The van der Waals surface area contributed by atoms with E-state index in [1.54, 1.807) is 13.8 Å². The molecule has 0 spiro atoms. The lowest BCUT2D eigenvalue weighted by Crippen LogP contribution is -2.22. The van der Waals surface area contributed by atoms with Gasteiger partial charge in [0, 0.05) is 14.1 Å². The Labute approximate surface area is 112 Å². The van der Waals surface area contributed by atoms with Gasteiger partial charge in [-0.3, -0.25) is 0 Å². The molecule has 1 rings (SSSR count). The van der Waals surface area contributed by atoms with Gasteiger partial charge in [-0.15, -0.1) is 0 Å². The number of carboxylic acid groups (broad SMARTS) is 1. The van der Waals surface area contributed by atoms with E-state index in [-0.39, 0.29) is 22.3 Å². The molecule has 0 aliphatic carbocycles. The van der Waals surface area contributed by atoms with Crippen molar-refractivity contribution in [2.24, 2.45) is 0 Å². The van der Waals surface area contributed by atoms with Crippen molar-refractivity contribution < 1.29 is 23.1 Å². The van der Waals surface area contributed by atoms with E-state index in [9.17, 15) is 13.2 Å². The number of carbonyl (C=O) groups is 1. The number of sulfonamides is 1. The summed E-state index contributed by atoms with van der Waals surface area (Å²) in [5.74, 6) is -1.08. The Morgan fingerprint density at radius 3 is 2.32 bits per heavy atom. The Kier molecular flexibility index (Phi) is 4.54. The molecule has 0 unspecified atom stereocenters. The van der Waals surface area contributed by atoms with E-state index in [0.717, 1.165) is 10.4 Å². The summed E-state index contributed by atoms with van der Waals surface area (Å²) in [6, 6.07) is 3.80. The molecular weight excluding hydrogens is 270 g/mol. The standard InChI is InChI=1S/C12H17NO5S/c1-8(2)18-11-6-5-9(7-10(11)12(14)15)19(16,17)13(3)4/h5-8H,1-4H3,(H,14,15). The average Bonchev–Trinajstić information content (AvgIpc) is 2.27. The summed E-state index contributed by atoms with van der Waals surface area (Å²) in [7, 11) is -0.897. The van der Waals surface area contributed by atoms with Crippen LogP contribution in [0.2, 0.25) is 0 Å². The number of hydrogen-bond acceptors (Lipinski definition) is 4. The lowest BCUT2D eigenvalue weighted by molar-refractivity contribution is 0.0690. The molecule has 19 heavy (non-hydrogen) atoms. The van der Waals surface area contributed by atoms with Crippen LogP contribution in [-0.4, -0.2) is 44.0 Å². The molecule has 0 bridgehead atoms. The minimum Gasteiger partial charge on any atom is -0.490 e. The fourth-order valence-corrected chi connectivity index (χ4v) is 2.33. The highest BCUT2D eigenvalue weighted by Crippen LogP contribution is 2.25. The summed E-state index contributed by atoms with van der Waals surface area (Å²) in [5, 5.41) is 9.12. The van der Waals surface area contributed by atoms with Crippen LogP contribution in [0.4, 0.5) is 0 Å². The Morgan fingerprint density at radius 2 is 1.89 bits per heavy atom. The smallest absolute Gasteiger partial charge is 0.339 e. The molecule has 0 aliphatic rings. The van der Waals surface area contributed by atoms with Gasteiger partial charge in [-0.1, -0.05) is 0 Å². The van der Waals surface area contributed by atoms with E-state index >= 15 is 0 Å². The fourth-order valence-electron chi connectivity index (χ4n) is 1.40. The molecule has 7 heteroatoms. The second kappa shape index (κ2) is 5.58. The van der Waals surface area contributed by atoms with Crippen molar-refractivity contribution in [1.29, 1.82) is 0 Å². The van der Waals surface area contributed by atoms with E-state index in [2.05, 4.69) is 0 Å². The first kappa shape index (κ1) is 15.5. The third-order valence-corrected chi connectivity index (χ3v) is 4.13. The van der Waals surface area contributed by atoms with Crippen molar-refractivity contribution in [3.05, 3.63) is 23.8 Å². The van der Waals surface area contributed by atoms with Crippen molar-refractivity contribution in [1.82, 2.24) is 4.31 Å². The fraction of sp³-hybridized carbons (Fsp3) is 0.417. The summed E-state index contributed by atoms with van der Waals surface area (Å²) in [5.41, 5.74) is -0.170. The molecular formula is C12H17NO5S. The van der Waals surface area contributed by atoms with Crippen LogP contribution in [0.5, 0.6) is 5.75 Å². The van der Waals surface area contributed by atoms with Gasteiger partial charge in [-0.2, -0.15) is 0 Å². The van der Waals surface area contributed by atoms with Crippen molar-refractivity contribution in [3.63, 3.8) is 0 Å². The largest absolute Gasteiger partial charge is 0.490 e. The zero-order chi connectivity index (χ0) is 14.8. The van der Waals surface area contributed by atoms with Crippen LogP contribution in [0.3, 0.4) is 0 Å². The van der Waals surface area contributed by atoms with Crippen LogP contribution in [-0.2, 0) is 10.0 Å². The molecule has 1 aromatic carbocycles. The molecule has 0 aromatic heterocycles. The number of carboxylic acids is 1. The monoisotopic (exact) mass is 287 g/mol. The third kappa shape index (κ3) is 3.45. The van der Waals surface area contributed by atoms with Crippen molar-refractivity contribution in [3.8, 4) is 5.75 Å². The summed E-state index contributed by atoms with van der Waals surface area (Å²) < 4.78 is 30.2. The quantitative estimate of drug-likeness (QED) is 0.885. The van der Waals surface area contributed by atoms with E-state index in [1.165, 1.54) is 26.2 Å². The van der Waals surface area contributed by atoms with Gasteiger partial charge >= 0.3 is 5.97 Å². The number of rotatable bonds is 5. The van der Waals surface area contributed by atoms with Gasteiger partial charge in [-0.25, -0.2) is 17.5 Å². The molecule has 0 radical (unpaired) electrons. The molecule has 0 saturated heterocycles. The zero-order valence-electron chi connectivity index (χ0n) is 11.2. The Bertz CT molecular complexity index is 578. The molecule has 1 aromatic rings. The van der Waals surface area contributed by atoms with Gasteiger partial charge in [-0.05, 0) is 32.0 Å². The van der Waals surface area contributed by atoms with Gasteiger partial charge in [0.15, 0.2) is 0 Å². The second-order valence-corrected chi connectivity index (χ2v) is 6.57. The molecule has 0 saturated carbocycles. The first-order valence-electron chi connectivity index (χ1n) is 5.62. The summed E-state index contributed by atoms with van der Waals surface area (Å²) >= 11 is 0. The van der Waals surface area contributed by atoms with Crippen molar-refractivity contribution in [2.75, 3.05) is 14.1 Å². The molecule has 0 aliphatic heterocycles. The predicted molar refractivity (Wildman–Crippen MR) is 70.0 cm³/mol. The number of ether oxygens (including phenoxy) is 1. The van der Waals surface area contributed by atoms with Gasteiger partial charge in [0.25, 0.3) is 0 Å². The Hall–Kier alpha value is -1.60. The second-order valence-electron chi connectivity index (χ2n) is 4.42. The first-order chi connectivity index (χ1) is 8.66. The molecule has 6 nitrogen and oxygen atoms in total. The molecule has 0 amide bonds. The van der Waals surface area contributed by atoms with Crippen LogP contribution < -0.4 is 4.74 Å². The van der Waals surface area contributed by atoms with Crippen LogP contribution in [0.15, 0.2) is 23.1 Å². The molecule has 0 heterocycles. The summed E-state index contributed by atoms with van der Waals surface area (Å²) in [6.45, 7) is 3.52. The Morgan fingerprint density at radius 1 is 1.32 bits per heavy atom. The number of nitrogens with zero attached hydrogens (tertiary/aromatic N) is 1. The first-order valence-corrected chi connectivity index (χ1v) is 7.06. The average molecular weight is 287 g/mol. The molecule has 1 N–H and O–H groups in total. The van der Waals surface area contributed by atoms with Crippen molar-refractivity contribution in [2.45, 2.75) is 24.8 Å². The van der Waals surface area contributed by atoms with E-state index in [1.807, 2.05) is 0 Å². The number of benzene rings is 1. The van der Waals surface area contributed by atoms with Crippen LogP contribution in [0.1, 0.15) is 24.2 Å². The van der Waals surface area contributed by atoms with E-state index in [0.29, 0.717) is 0 Å². The minimum atomic E-state index is -3.66. The normalized spacial score (nSPS) is 11.9. The summed E-state index contributed by atoms with van der Waals surface area (Å²) in [4.78, 5) is 11.1. The maximum Gasteiger partial charge on any atom is 0.339 e.